The van der Waals surface area contributed by atoms with E-state index in [1.165, 1.54) is 42.6 Å². The van der Waals surface area contributed by atoms with Crippen LogP contribution in [0, 0.1) is 13.8 Å². The van der Waals surface area contributed by atoms with E-state index >= 15 is 0 Å². The van der Waals surface area contributed by atoms with Gasteiger partial charge in [0.15, 0.2) is 0 Å². The Hall–Kier alpha value is -0.960. The van der Waals surface area contributed by atoms with E-state index in [1.807, 2.05) is 0 Å². The van der Waals surface area contributed by atoms with E-state index in [2.05, 4.69) is 26.1 Å². The third kappa shape index (κ3) is 2.56. The molecule has 1 unspecified atom stereocenters. The van der Waals surface area contributed by atoms with Gasteiger partial charge in [0.1, 0.15) is 5.82 Å². The number of hydrogen-bond donors (Lipinski definition) is 1. The molecule has 2 aliphatic rings. The van der Waals surface area contributed by atoms with E-state index in [4.69, 9.17) is 9.97 Å². The Kier molecular flexibility index (Phi) is 3.10. The molecule has 2 aliphatic carbocycles. The summed E-state index contributed by atoms with van der Waals surface area (Å²) in [5.74, 6) is 2.24. The molecule has 1 heterocycles. The first-order valence-corrected chi connectivity index (χ1v) is 7.23. The lowest BCUT2D eigenvalue weighted by molar-refractivity contribution is 0.601. The molecule has 3 heteroatoms. The summed E-state index contributed by atoms with van der Waals surface area (Å²) >= 11 is 0. The maximum atomic E-state index is 4.72. The van der Waals surface area contributed by atoms with Crippen molar-refractivity contribution < 1.29 is 0 Å². The highest BCUT2D eigenvalue weighted by atomic mass is 15.0. The topological polar surface area (TPSA) is 37.8 Å². The smallest absolute Gasteiger partial charge is 0.131 e. The second-order valence-corrected chi connectivity index (χ2v) is 6.02. The van der Waals surface area contributed by atoms with Gasteiger partial charge in [-0.05, 0) is 51.0 Å². The van der Waals surface area contributed by atoms with Gasteiger partial charge in [-0.1, -0.05) is 6.92 Å². The van der Waals surface area contributed by atoms with Gasteiger partial charge in [0.25, 0.3) is 0 Å². The summed E-state index contributed by atoms with van der Waals surface area (Å²) in [6.07, 6.45) is 5.25. The Labute approximate surface area is 109 Å². The third-order valence-electron chi connectivity index (χ3n) is 4.07. The molecule has 3 nitrogen and oxygen atoms in total. The van der Waals surface area contributed by atoms with E-state index in [0.29, 0.717) is 11.8 Å². The third-order valence-corrected chi connectivity index (χ3v) is 4.07. The molecule has 3 rings (SSSR count). The fourth-order valence-electron chi connectivity index (χ4n) is 2.72. The highest BCUT2D eigenvalue weighted by Crippen LogP contribution is 2.38. The van der Waals surface area contributed by atoms with Crippen molar-refractivity contribution in [1.82, 2.24) is 15.3 Å². The molecule has 1 aromatic rings. The van der Waals surface area contributed by atoms with Crippen LogP contribution in [0.1, 0.15) is 67.2 Å². The van der Waals surface area contributed by atoms with Gasteiger partial charge in [-0.2, -0.15) is 0 Å². The molecular weight excluding hydrogens is 222 g/mol. The summed E-state index contributed by atoms with van der Waals surface area (Å²) in [6, 6.07) is 0.778. The van der Waals surface area contributed by atoms with Crippen LogP contribution in [0.5, 0.6) is 0 Å². The van der Waals surface area contributed by atoms with Crippen molar-refractivity contribution in [3.05, 3.63) is 22.8 Å². The number of aryl methyl sites for hydroxylation is 2. The average molecular weight is 245 g/mol. The Bertz CT molecular complexity index is 424. The normalized spacial score (nSPS) is 21.1. The van der Waals surface area contributed by atoms with Crippen LogP contribution in [0.4, 0.5) is 0 Å². The molecule has 0 bridgehead atoms. The fourth-order valence-corrected chi connectivity index (χ4v) is 2.72. The zero-order valence-corrected chi connectivity index (χ0v) is 11.7. The zero-order valence-electron chi connectivity index (χ0n) is 11.7. The number of nitrogens with zero attached hydrogens (tertiary/aromatic N) is 2. The summed E-state index contributed by atoms with van der Waals surface area (Å²) in [7, 11) is 0. The number of hydrogen-bond acceptors (Lipinski definition) is 3. The summed E-state index contributed by atoms with van der Waals surface area (Å²) in [5, 5.41) is 3.60. The molecular formula is C15H23N3. The lowest BCUT2D eigenvalue weighted by Gasteiger charge is -2.18. The summed E-state index contributed by atoms with van der Waals surface area (Å²) < 4.78 is 0. The Balaban J connectivity index is 1.76. The van der Waals surface area contributed by atoms with Crippen LogP contribution < -0.4 is 5.32 Å². The second-order valence-electron chi connectivity index (χ2n) is 6.02. The first kappa shape index (κ1) is 12.1. The highest BCUT2D eigenvalue weighted by Gasteiger charge is 2.28. The molecule has 2 saturated carbocycles. The van der Waals surface area contributed by atoms with Crippen molar-refractivity contribution in [1.29, 1.82) is 0 Å². The maximum absolute atomic E-state index is 4.72. The standard InChI is InChI=1S/C15H23N3/c1-9(8-16-13-6-7-13)14-10(2)17-15(12-4-5-12)18-11(14)3/h9,12-13,16H,4-8H2,1-3H3. The van der Waals surface area contributed by atoms with Gasteiger partial charge >= 0.3 is 0 Å². The molecule has 1 aromatic heterocycles. The average Bonchev–Trinajstić information content (AvgIpc) is 3.16. The molecule has 2 fully saturated rings. The number of aromatic nitrogens is 2. The van der Waals surface area contributed by atoms with Crippen molar-refractivity contribution in [2.75, 3.05) is 6.54 Å². The molecule has 18 heavy (non-hydrogen) atoms. The molecule has 98 valence electrons. The van der Waals surface area contributed by atoms with Crippen LogP contribution >= 0.6 is 0 Å². The van der Waals surface area contributed by atoms with Gasteiger partial charge in [0, 0.05) is 29.9 Å². The van der Waals surface area contributed by atoms with E-state index in [-0.39, 0.29) is 0 Å². The highest BCUT2D eigenvalue weighted by molar-refractivity contribution is 5.29. The van der Waals surface area contributed by atoms with Gasteiger partial charge in [0.2, 0.25) is 0 Å². The predicted molar refractivity (Wildman–Crippen MR) is 72.9 cm³/mol. The van der Waals surface area contributed by atoms with E-state index in [9.17, 15) is 0 Å². The predicted octanol–water partition coefficient (Wildman–Crippen LogP) is 2.83. The van der Waals surface area contributed by atoms with E-state index in [0.717, 1.165) is 18.4 Å². The Morgan fingerprint density at radius 2 is 1.72 bits per heavy atom. The Morgan fingerprint density at radius 3 is 2.22 bits per heavy atom. The number of nitrogens with one attached hydrogen (secondary N) is 1. The fraction of sp³-hybridized carbons (Fsp3) is 0.733. The van der Waals surface area contributed by atoms with Crippen molar-refractivity contribution in [2.45, 2.75) is 64.3 Å². The summed E-state index contributed by atoms with van der Waals surface area (Å²) in [4.78, 5) is 9.44. The van der Waals surface area contributed by atoms with Crippen LogP contribution in [0.2, 0.25) is 0 Å². The lowest BCUT2D eigenvalue weighted by Crippen LogP contribution is -2.23. The molecule has 0 saturated heterocycles. The van der Waals surface area contributed by atoms with Crippen LogP contribution in [0.25, 0.3) is 0 Å². The lowest BCUT2D eigenvalue weighted by atomic mass is 9.98. The van der Waals surface area contributed by atoms with Crippen molar-refractivity contribution in [3.63, 3.8) is 0 Å². The molecule has 0 radical (unpaired) electrons. The first-order chi connectivity index (χ1) is 8.65. The Morgan fingerprint density at radius 1 is 1.11 bits per heavy atom. The van der Waals surface area contributed by atoms with E-state index < -0.39 is 0 Å². The minimum atomic E-state index is 0.513. The van der Waals surface area contributed by atoms with Crippen LogP contribution in [-0.2, 0) is 0 Å². The van der Waals surface area contributed by atoms with Crippen molar-refractivity contribution in [2.24, 2.45) is 0 Å². The van der Waals surface area contributed by atoms with Crippen LogP contribution in [0.3, 0.4) is 0 Å². The quantitative estimate of drug-likeness (QED) is 0.867. The van der Waals surface area contributed by atoms with Gasteiger partial charge in [-0.3, -0.25) is 0 Å². The minimum absolute atomic E-state index is 0.513. The summed E-state index contributed by atoms with van der Waals surface area (Å²) in [5.41, 5.74) is 3.73. The molecule has 1 N–H and O–H groups in total. The van der Waals surface area contributed by atoms with Gasteiger partial charge in [-0.15, -0.1) is 0 Å². The molecule has 1 atom stereocenters. The maximum Gasteiger partial charge on any atom is 0.131 e. The zero-order chi connectivity index (χ0) is 12.7. The number of rotatable bonds is 5. The van der Waals surface area contributed by atoms with Crippen LogP contribution in [-0.4, -0.2) is 22.6 Å². The van der Waals surface area contributed by atoms with Gasteiger partial charge in [-0.25, -0.2) is 9.97 Å². The van der Waals surface area contributed by atoms with E-state index in [1.54, 1.807) is 0 Å². The monoisotopic (exact) mass is 245 g/mol. The largest absolute Gasteiger partial charge is 0.313 e. The second kappa shape index (κ2) is 4.61. The van der Waals surface area contributed by atoms with Gasteiger partial charge < -0.3 is 5.32 Å². The van der Waals surface area contributed by atoms with Crippen molar-refractivity contribution in [3.8, 4) is 0 Å². The van der Waals surface area contributed by atoms with Gasteiger partial charge in [0.05, 0.1) is 0 Å². The summed E-state index contributed by atoms with van der Waals surface area (Å²) in [6.45, 7) is 7.62. The SMILES string of the molecule is Cc1nc(C2CC2)nc(C)c1C(C)CNC1CC1. The minimum Gasteiger partial charge on any atom is -0.313 e. The molecule has 0 aromatic carbocycles. The molecule has 0 aliphatic heterocycles. The van der Waals surface area contributed by atoms with Crippen LogP contribution in [0.15, 0.2) is 0 Å². The molecule has 0 amide bonds. The molecule has 0 spiro atoms. The first-order valence-electron chi connectivity index (χ1n) is 7.23. The van der Waals surface area contributed by atoms with Crippen molar-refractivity contribution >= 4 is 0 Å².